The second-order valence-corrected chi connectivity index (χ2v) is 11.1. The predicted octanol–water partition coefficient (Wildman–Crippen LogP) is 9.65. The summed E-state index contributed by atoms with van der Waals surface area (Å²) in [5.41, 5.74) is 2.36. The predicted molar refractivity (Wildman–Crippen MR) is 167 cm³/mol. The highest BCUT2D eigenvalue weighted by Gasteiger charge is 2.47. The molecular weight excluding hydrogens is 605 g/mol. The van der Waals surface area contributed by atoms with Gasteiger partial charge in [0.25, 0.3) is 5.91 Å². The van der Waals surface area contributed by atoms with Crippen LogP contribution < -0.4 is 20.1 Å². The van der Waals surface area contributed by atoms with Crippen LogP contribution in [0.25, 0.3) is 0 Å². The Morgan fingerprint density at radius 2 is 1.44 bits per heavy atom. The van der Waals surface area contributed by atoms with E-state index < -0.39 is 24.2 Å². The number of alkyl halides is 3. The van der Waals surface area contributed by atoms with E-state index in [-0.39, 0.29) is 28.6 Å². The molecule has 1 aliphatic heterocycles. The van der Waals surface area contributed by atoms with E-state index in [9.17, 15) is 18.0 Å². The van der Waals surface area contributed by atoms with E-state index in [1.165, 1.54) is 0 Å². The number of benzene rings is 4. The van der Waals surface area contributed by atoms with Gasteiger partial charge in [0.1, 0.15) is 33.8 Å². The van der Waals surface area contributed by atoms with Crippen LogP contribution in [0.1, 0.15) is 45.7 Å². The number of nitrogens with zero attached hydrogens (tertiary/aromatic N) is 2. The van der Waals surface area contributed by atoms with Crippen LogP contribution in [0.4, 0.5) is 24.7 Å². The van der Waals surface area contributed by atoms with Gasteiger partial charge >= 0.3 is 6.18 Å². The smallest absolute Gasteiger partial charge is 0.410 e. The minimum Gasteiger partial charge on any atom is -0.457 e. The van der Waals surface area contributed by atoms with Crippen molar-refractivity contribution in [2.75, 3.05) is 10.6 Å². The van der Waals surface area contributed by atoms with Gasteiger partial charge in [-0.05, 0) is 42.7 Å². The van der Waals surface area contributed by atoms with Gasteiger partial charge in [0.2, 0.25) is 0 Å². The highest BCUT2D eigenvalue weighted by Crippen LogP contribution is 2.46. The molecule has 230 valence electrons. The lowest BCUT2D eigenvalue weighted by atomic mass is 9.97. The number of rotatable bonds is 7. The summed E-state index contributed by atoms with van der Waals surface area (Å²) >= 11 is 6.56. The first-order valence-electron chi connectivity index (χ1n) is 14.2. The Balaban J connectivity index is 1.33. The minimum absolute atomic E-state index is 0.0792. The molecule has 0 aliphatic carbocycles. The van der Waals surface area contributed by atoms with Crippen molar-refractivity contribution < 1.29 is 27.4 Å². The van der Waals surface area contributed by atoms with Gasteiger partial charge in [-0.1, -0.05) is 78.3 Å². The summed E-state index contributed by atoms with van der Waals surface area (Å²) in [6.45, 7) is 3.80. The van der Waals surface area contributed by atoms with Crippen LogP contribution in [0.5, 0.6) is 23.0 Å². The number of hydrogen-bond acceptors (Lipinski definition) is 5. The fourth-order valence-electron chi connectivity index (χ4n) is 5.19. The normalized spacial score (nSPS) is 16.0. The third kappa shape index (κ3) is 6.46. The molecule has 2 N–H and O–H groups in total. The Morgan fingerprint density at radius 1 is 0.889 bits per heavy atom. The number of aromatic nitrogens is 2. The molecule has 5 aromatic rings. The molecule has 1 aliphatic rings. The first kappa shape index (κ1) is 30.1. The van der Waals surface area contributed by atoms with Gasteiger partial charge in [-0.15, -0.1) is 0 Å². The first-order valence-corrected chi connectivity index (χ1v) is 14.5. The SMILES string of the molecule is Cc1ccccc1Oc1cc(NC(=O)c2nn3c(c2Cl)N[C@H](c2ccccc2)C[C@H]3C(F)(F)F)cc(Oc2ccccc2C)c1. The minimum atomic E-state index is -4.63. The number of ether oxygens (including phenoxy) is 2. The largest absolute Gasteiger partial charge is 0.457 e. The maximum Gasteiger partial charge on any atom is 0.410 e. The van der Waals surface area contributed by atoms with Crippen molar-refractivity contribution in [3.8, 4) is 23.0 Å². The summed E-state index contributed by atoms with van der Waals surface area (Å²) in [5.74, 6) is 1.06. The Kier molecular flexibility index (Phi) is 8.16. The van der Waals surface area contributed by atoms with E-state index >= 15 is 0 Å². The Bertz CT molecular complexity index is 1790. The molecule has 0 bridgehead atoms. The molecule has 0 saturated heterocycles. The lowest BCUT2D eigenvalue weighted by Gasteiger charge is -2.33. The van der Waals surface area contributed by atoms with Crippen LogP contribution in [0.15, 0.2) is 97.1 Å². The number of para-hydroxylation sites is 2. The number of aryl methyl sites for hydroxylation is 2. The summed E-state index contributed by atoms with van der Waals surface area (Å²) in [6, 6.07) is 25.8. The van der Waals surface area contributed by atoms with Crippen LogP contribution in [-0.2, 0) is 0 Å². The van der Waals surface area contributed by atoms with Crippen LogP contribution in [0.3, 0.4) is 0 Å². The zero-order chi connectivity index (χ0) is 31.7. The molecule has 2 heterocycles. The molecule has 1 amide bonds. The van der Waals surface area contributed by atoms with Gasteiger partial charge < -0.3 is 20.1 Å². The number of hydrogen-bond donors (Lipinski definition) is 2. The summed E-state index contributed by atoms with van der Waals surface area (Å²) < 4.78 is 55.7. The van der Waals surface area contributed by atoms with Crippen molar-refractivity contribution in [3.63, 3.8) is 0 Å². The van der Waals surface area contributed by atoms with Crippen molar-refractivity contribution >= 4 is 29.0 Å². The quantitative estimate of drug-likeness (QED) is 0.187. The van der Waals surface area contributed by atoms with Gasteiger partial charge in [0, 0.05) is 30.3 Å². The van der Waals surface area contributed by atoms with Gasteiger partial charge in [0.15, 0.2) is 11.7 Å². The van der Waals surface area contributed by atoms with Crippen LogP contribution in [0, 0.1) is 13.8 Å². The monoisotopic (exact) mass is 632 g/mol. The average Bonchev–Trinajstić information content (AvgIpc) is 3.35. The number of halogens is 4. The number of carbonyl (C=O) groups is 1. The second-order valence-electron chi connectivity index (χ2n) is 10.7. The van der Waals surface area contributed by atoms with Crippen molar-refractivity contribution in [3.05, 3.63) is 124 Å². The van der Waals surface area contributed by atoms with Crippen molar-refractivity contribution in [2.24, 2.45) is 0 Å². The lowest BCUT2D eigenvalue weighted by molar-refractivity contribution is -0.173. The van der Waals surface area contributed by atoms with E-state index in [0.717, 1.165) is 15.8 Å². The van der Waals surface area contributed by atoms with Crippen molar-refractivity contribution in [1.82, 2.24) is 9.78 Å². The van der Waals surface area contributed by atoms with E-state index in [2.05, 4.69) is 15.7 Å². The molecule has 7 nitrogen and oxygen atoms in total. The number of carbonyl (C=O) groups excluding carboxylic acids is 1. The zero-order valence-corrected chi connectivity index (χ0v) is 25.0. The summed E-state index contributed by atoms with van der Waals surface area (Å²) in [4.78, 5) is 13.5. The molecule has 6 rings (SSSR count). The third-order valence-corrected chi connectivity index (χ3v) is 7.85. The van der Waals surface area contributed by atoms with Crippen LogP contribution in [0.2, 0.25) is 5.02 Å². The summed E-state index contributed by atoms with van der Waals surface area (Å²) in [6.07, 6.45) is -4.95. The maximum atomic E-state index is 14.2. The van der Waals surface area contributed by atoms with E-state index in [1.807, 2.05) is 62.4 Å². The zero-order valence-electron chi connectivity index (χ0n) is 24.2. The first-order chi connectivity index (χ1) is 21.6. The maximum absolute atomic E-state index is 14.2. The fraction of sp³-hybridized carbons (Fsp3) is 0.176. The molecule has 2 atom stereocenters. The second kappa shape index (κ2) is 12.2. The molecule has 0 saturated carbocycles. The highest BCUT2D eigenvalue weighted by molar-refractivity contribution is 6.36. The fourth-order valence-corrected chi connectivity index (χ4v) is 5.45. The van der Waals surface area contributed by atoms with Crippen molar-refractivity contribution in [2.45, 2.75) is 38.5 Å². The number of nitrogens with one attached hydrogen (secondary N) is 2. The lowest BCUT2D eigenvalue weighted by Crippen LogP contribution is -2.35. The topological polar surface area (TPSA) is 77.4 Å². The van der Waals surface area contributed by atoms with E-state index in [0.29, 0.717) is 28.6 Å². The molecule has 45 heavy (non-hydrogen) atoms. The Labute approximate surface area is 262 Å². The molecule has 0 spiro atoms. The molecule has 1 aromatic heterocycles. The van der Waals surface area contributed by atoms with Gasteiger partial charge in [-0.3, -0.25) is 4.79 Å². The summed E-state index contributed by atoms with van der Waals surface area (Å²) in [5, 5.41) is 9.61. The highest BCUT2D eigenvalue weighted by atomic mass is 35.5. The summed E-state index contributed by atoms with van der Waals surface area (Å²) in [7, 11) is 0. The Morgan fingerprint density at radius 3 is 2.00 bits per heavy atom. The number of amides is 1. The van der Waals surface area contributed by atoms with E-state index in [4.69, 9.17) is 21.1 Å². The van der Waals surface area contributed by atoms with Crippen LogP contribution in [-0.4, -0.2) is 21.9 Å². The number of fused-ring (bicyclic) bond motifs is 1. The standard InChI is InChI=1S/C34H28ClF3N4O3/c1-20-10-6-8-14-27(20)44-24-16-23(17-25(18-24)45-28-15-9-7-11-21(28)2)39-33(43)31-30(35)32-40-26(22-12-4-3-5-13-22)19-29(34(36,37)38)42(32)41-31/h3-18,26,29,40H,19H2,1-2H3,(H,39,43)/t26-,29-/m0/s1. The molecule has 0 radical (unpaired) electrons. The third-order valence-electron chi connectivity index (χ3n) is 7.49. The van der Waals surface area contributed by atoms with Gasteiger partial charge in [-0.2, -0.15) is 18.3 Å². The molecular formula is C34H28ClF3N4O3. The van der Waals surface area contributed by atoms with Gasteiger partial charge in [0.05, 0.1) is 6.04 Å². The Hall–Kier alpha value is -4.96. The molecule has 4 aromatic carbocycles. The van der Waals surface area contributed by atoms with E-state index in [1.54, 1.807) is 48.5 Å². The van der Waals surface area contributed by atoms with Gasteiger partial charge in [-0.25, -0.2) is 4.68 Å². The molecule has 0 unspecified atom stereocenters. The average molecular weight is 633 g/mol. The van der Waals surface area contributed by atoms with Crippen molar-refractivity contribution in [1.29, 1.82) is 0 Å². The number of anilines is 2. The van der Waals surface area contributed by atoms with Crippen LogP contribution >= 0.6 is 11.6 Å². The molecule has 0 fully saturated rings. The molecule has 11 heteroatoms.